The van der Waals surface area contributed by atoms with E-state index in [1.165, 1.54) is 6.07 Å². The molecule has 3 aliphatic carbocycles. The average Bonchev–Trinajstić information content (AvgIpc) is 2.62. The maximum atomic E-state index is 13.1. The lowest BCUT2D eigenvalue weighted by atomic mass is 9.60. The SMILES string of the molecule is NC(=O)C1=C(O)CC2CC3Cc4c(N)cc(N)c(O)c4C(=O)C3=C(O)[C@]2(O)C1=O. The number of phenolic OH excluding ortho intramolecular Hbond substituents is 1. The number of hydrogen-bond acceptors (Lipinski definition) is 9. The normalized spacial score (nSPS) is 28.7. The highest BCUT2D eigenvalue weighted by molar-refractivity contribution is 6.24. The lowest BCUT2D eigenvalue weighted by molar-refractivity contribution is -0.144. The van der Waals surface area contributed by atoms with Crippen LogP contribution in [0.2, 0.25) is 0 Å². The highest BCUT2D eigenvalue weighted by Crippen LogP contribution is 2.52. The second-order valence-corrected chi connectivity index (χ2v) is 7.67. The standard InChI is InChI=1S/C19H19N3O7/c20-8-4-9(21)14(24)12-7(8)2-5-1-6-3-10(23)13(18(22)28)17(27)19(6,29)16(26)11(5)15(12)25/h4-6,23-24,26,29H,1-3,20-21H2,(H2,22,28)/t5?,6?,19-/m0/s1. The van der Waals surface area contributed by atoms with Gasteiger partial charge in [-0.05, 0) is 30.4 Å². The van der Waals surface area contributed by atoms with Crippen LogP contribution in [0.4, 0.5) is 11.4 Å². The number of carbonyl (C=O) groups excluding carboxylic acids is 3. The third-order valence-corrected chi connectivity index (χ3v) is 6.13. The Labute approximate surface area is 163 Å². The molecule has 2 unspecified atom stereocenters. The Morgan fingerprint density at radius 2 is 1.76 bits per heavy atom. The zero-order valence-electron chi connectivity index (χ0n) is 15.1. The average molecular weight is 401 g/mol. The number of carbonyl (C=O) groups is 3. The number of phenols is 1. The van der Waals surface area contributed by atoms with E-state index in [2.05, 4.69) is 0 Å². The van der Waals surface area contributed by atoms with Crippen molar-refractivity contribution in [3.8, 4) is 5.75 Å². The minimum absolute atomic E-state index is 0.0491. The fraction of sp³-hybridized carbons (Fsp3) is 0.316. The fourth-order valence-corrected chi connectivity index (χ4v) is 4.74. The van der Waals surface area contributed by atoms with E-state index in [9.17, 15) is 34.8 Å². The third-order valence-electron chi connectivity index (χ3n) is 6.13. The molecule has 1 aromatic carbocycles. The fourth-order valence-electron chi connectivity index (χ4n) is 4.74. The summed E-state index contributed by atoms with van der Waals surface area (Å²) in [6.45, 7) is 0. The number of amides is 1. The molecule has 0 aliphatic heterocycles. The predicted octanol–water partition coefficient (Wildman–Crippen LogP) is -0.255. The highest BCUT2D eigenvalue weighted by atomic mass is 16.3. The molecule has 0 saturated heterocycles. The number of aromatic hydroxyl groups is 1. The van der Waals surface area contributed by atoms with Crippen LogP contribution in [0, 0.1) is 11.8 Å². The Hall–Kier alpha value is -3.53. The summed E-state index contributed by atoms with van der Waals surface area (Å²) in [4.78, 5) is 37.5. The number of fused-ring (bicyclic) bond motifs is 3. The number of primary amides is 1. The van der Waals surface area contributed by atoms with Gasteiger partial charge in [0.05, 0.1) is 11.3 Å². The van der Waals surface area contributed by atoms with Crippen molar-refractivity contribution in [1.29, 1.82) is 0 Å². The molecule has 0 bridgehead atoms. The summed E-state index contributed by atoms with van der Waals surface area (Å²) in [5.41, 5.74) is 13.4. The monoisotopic (exact) mass is 401 g/mol. The molecule has 10 nitrogen and oxygen atoms in total. The molecule has 0 saturated carbocycles. The summed E-state index contributed by atoms with van der Waals surface area (Å²) in [5, 5.41) is 42.3. The molecule has 10 heteroatoms. The van der Waals surface area contributed by atoms with Crippen LogP contribution in [0.1, 0.15) is 28.8 Å². The van der Waals surface area contributed by atoms with E-state index >= 15 is 0 Å². The van der Waals surface area contributed by atoms with Crippen LogP contribution in [-0.2, 0) is 16.0 Å². The summed E-state index contributed by atoms with van der Waals surface area (Å²) in [5.74, 6) is -6.92. The molecule has 0 heterocycles. The Balaban J connectivity index is 1.94. The lowest BCUT2D eigenvalue weighted by Gasteiger charge is -2.45. The largest absolute Gasteiger partial charge is 0.511 e. The summed E-state index contributed by atoms with van der Waals surface area (Å²) < 4.78 is 0. The molecule has 3 atom stereocenters. The maximum absolute atomic E-state index is 13.1. The topological polar surface area (TPSA) is 210 Å². The van der Waals surface area contributed by atoms with Gasteiger partial charge < -0.3 is 37.6 Å². The van der Waals surface area contributed by atoms with Crippen LogP contribution in [-0.4, -0.2) is 43.5 Å². The van der Waals surface area contributed by atoms with Gasteiger partial charge in [0.2, 0.25) is 5.78 Å². The molecular weight excluding hydrogens is 382 g/mol. The maximum Gasteiger partial charge on any atom is 0.255 e. The van der Waals surface area contributed by atoms with E-state index in [0.29, 0.717) is 5.56 Å². The number of hydrogen-bond donors (Lipinski definition) is 7. The number of ketones is 2. The number of nitrogen functional groups attached to an aromatic ring is 2. The van der Waals surface area contributed by atoms with Gasteiger partial charge in [-0.3, -0.25) is 14.4 Å². The van der Waals surface area contributed by atoms with Crippen LogP contribution in [0.5, 0.6) is 5.75 Å². The first-order valence-corrected chi connectivity index (χ1v) is 8.87. The van der Waals surface area contributed by atoms with Crippen molar-refractivity contribution >= 4 is 28.8 Å². The smallest absolute Gasteiger partial charge is 0.255 e. The van der Waals surface area contributed by atoms with E-state index in [1.807, 2.05) is 0 Å². The van der Waals surface area contributed by atoms with Crippen molar-refractivity contribution in [3.63, 3.8) is 0 Å². The Bertz CT molecular complexity index is 1090. The van der Waals surface area contributed by atoms with Crippen LogP contribution in [0.25, 0.3) is 0 Å². The first-order valence-electron chi connectivity index (χ1n) is 8.87. The number of aliphatic hydroxyl groups is 3. The molecule has 29 heavy (non-hydrogen) atoms. The molecule has 4 rings (SSSR count). The van der Waals surface area contributed by atoms with E-state index in [-0.39, 0.29) is 41.8 Å². The van der Waals surface area contributed by atoms with E-state index in [1.54, 1.807) is 0 Å². The second-order valence-electron chi connectivity index (χ2n) is 7.67. The van der Waals surface area contributed by atoms with Gasteiger partial charge in [0.1, 0.15) is 22.8 Å². The molecule has 1 amide bonds. The summed E-state index contributed by atoms with van der Waals surface area (Å²) in [6.07, 6.45) is -0.0839. The number of benzene rings is 1. The molecule has 1 aromatic rings. The molecule has 3 aliphatic rings. The quantitative estimate of drug-likeness (QED) is 0.143. The zero-order valence-corrected chi connectivity index (χ0v) is 15.1. The number of rotatable bonds is 1. The molecular formula is C19H19N3O7. The van der Waals surface area contributed by atoms with Gasteiger partial charge in [0.15, 0.2) is 11.4 Å². The second kappa shape index (κ2) is 5.74. The number of allylic oxidation sites excluding steroid dienone is 2. The van der Waals surface area contributed by atoms with Gasteiger partial charge in [-0.15, -0.1) is 0 Å². The van der Waals surface area contributed by atoms with Crippen molar-refractivity contribution in [3.05, 3.63) is 39.9 Å². The van der Waals surface area contributed by atoms with Gasteiger partial charge in [0, 0.05) is 23.6 Å². The highest BCUT2D eigenvalue weighted by Gasteiger charge is 2.59. The number of anilines is 2. The summed E-state index contributed by atoms with van der Waals surface area (Å²) >= 11 is 0. The third kappa shape index (κ3) is 2.23. The first kappa shape index (κ1) is 18.8. The predicted molar refractivity (Wildman–Crippen MR) is 99.6 cm³/mol. The Morgan fingerprint density at radius 1 is 1.10 bits per heavy atom. The molecule has 152 valence electrons. The lowest BCUT2D eigenvalue weighted by Crippen LogP contribution is -2.57. The molecule has 0 aromatic heterocycles. The van der Waals surface area contributed by atoms with Gasteiger partial charge in [-0.25, -0.2) is 0 Å². The van der Waals surface area contributed by atoms with Crippen molar-refractivity contribution in [1.82, 2.24) is 0 Å². The number of nitrogens with two attached hydrogens (primary N) is 3. The van der Waals surface area contributed by atoms with Crippen molar-refractivity contribution in [2.45, 2.75) is 24.9 Å². The van der Waals surface area contributed by atoms with Crippen LogP contribution in [0.15, 0.2) is 28.7 Å². The van der Waals surface area contributed by atoms with Gasteiger partial charge in [0.25, 0.3) is 5.91 Å². The van der Waals surface area contributed by atoms with Gasteiger partial charge in [-0.1, -0.05) is 0 Å². The van der Waals surface area contributed by atoms with Gasteiger partial charge in [-0.2, -0.15) is 0 Å². The Kier molecular flexibility index (Phi) is 3.72. The van der Waals surface area contributed by atoms with E-state index < -0.39 is 57.8 Å². The van der Waals surface area contributed by atoms with Crippen molar-refractivity contribution < 1.29 is 34.8 Å². The first-order chi connectivity index (χ1) is 13.5. The van der Waals surface area contributed by atoms with Crippen LogP contribution in [0.3, 0.4) is 0 Å². The Morgan fingerprint density at radius 3 is 2.38 bits per heavy atom. The molecule has 0 radical (unpaired) electrons. The van der Waals surface area contributed by atoms with E-state index in [4.69, 9.17) is 17.2 Å². The summed E-state index contributed by atoms with van der Waals surface area (Å²) in [7, 11) is 0. The number of aliphatic hydroxyl groups excluding tert-OH is 2. The minimum Gasteiger partial charge on any atom is -0.511 e. The zero-order chi connectivity index (χ0) is 21.4. The van der Waals surface area contributed by atoms with Crippen molar-refractivity contribution in [2.75, 3.05) is 11.5 Å². The van der Waals surface area contributed by atoms with E-state index in [0.717, 1.165) is 0 Å². The molecule has 0 fully saturated rings. The minimum atomic E-state index is -2.59. The van der Waals surface area contributed by atoms with Crippen LogP contribution < -0.4 is 17.2 Å². The summed E-state index contributed by atoms with van der Waals surface area (Å²) in [6, 6.07) is 1.33. The molecule has 0 spiro atoms. The van der Waals surface area contributed by atoms with Crippen LogP contribution >= 0.6 is 0 Å². The molecule has 10 N–H and O–H groups in total. The van der Waals surface area contributed by atoms with Gasteiger partial charge >= 0.3 is 0 Å². The number of Topliss-reactive ketones (excluding diaryl/α,β-unsaturated/α-hetero) is 2. The van der Waals surface area contributed by atoms with Crippen molar-refractivity contribution in [2.24, 2.45) is 17.6 Å².